The summed E-state index contributed by atoms with van der Waals surface area (Å²) in [6.45, 7) is 1.62. The van der Waals surface area contributed by atoms with Gasteiger partial charge in [0, 0.05) is 16.3 Å². The molecule has 0 aliphatic carbocycles. The fraction of sp³-hybridized carbons (Fsp3) is 0.133. The van der Waals surface area contributed by atoms with Crippen molar-refractivity contribution in [2.24, 2.45) is 0 Å². The van der Waals surface area contributed by atoms with Gasteiger partial charge in [0.05, 0.1) is 5.25 Å². The number of thioether (sulfide) groups is 1. The number of carbonyl (C=O) groups is 1. The van der Waals surface area contributed by atoms with Crippen LogP contribution in [-0.2, 0) is 4.79 Å². The van der Waals surface area contributed by atoms with E-state index in [1.54, 1.807) is 31.2 Å². The van der Waals surface area contributed by atoms with Gasteiger partial charge in [-0.05, 0) is 43.3 Å². The molecule has 2 aromatic rings. The number of nitrogens with one attached hydrogen (secondary N) is 1. The molecule has 0 aliphatic heterocycles. The third-order valence-corrected chi connectivity index (χ3v) is 3.85. The van der Waals surface area contributed by atoms with Gasteiger partial charge in [-0.3, -0.25) is 4.79 Å². The van der Waals surface area contributed by atoms with E-state index in [-0.39, 0.29) is 10.8 Å². The zero-order chi connectivity index (χ0) is 15.4. The van der Waals surface area contributed by atoms with Gasteiger partial charge in [-0.15, -0.1) is 11.8 Å². The molecule has 0 spiro atoms. The Balaban J connectivity index is 2.04. The molecule has 0 bridgehead atoms. The van der Waals surface area contributed by atoms with Crippen LogP contribution in [0.3, 0.4) is 0 Å². The van der Waals surface area contributed by atoms with Crippen LogP contribution >= 0.6 is 11.8 Å². The summed E-state index contributed by atoms with van der Waals surface area (Å²) in [6.07, 6.45) is 0. The van der Waals surface area contributed by atoms with E-state index < -0.39 is 16.9 Å². The Morgan fingerprint density at radius 2 is 2.00 bits per heavy atom. The minimum absolute atomic E-state index is 0.102. The Morgan fingerprint density at radius 3 is 2.71 bits per heavy atom. The summed E-state index contributed by atoms with van der Waals surface area (Å²) >= 11 is 0.958. The molecule has 0 aromatic heterocycles. The Hall–Kier alpha value is -2.08. The number of carbonyl (C=O) groups excluding carboxylic acids is 1. The van der Waals surface area contributed by atoms with Crippen LogP contribution in [0.15, 0.2) is 47.4 Å². The van der Waals surface area contributed by atoms with Crippen molar-refractivity contribution < 1.29 is 13.6 Å². The molecule has 0 radical (unpaired) electrons. The predicted octanol–water partition coefficient (Wildman–Crippen LogP) is 3.67. The number of rotatable bonds is 4. The maximum absolute atomic E-state index is 13.5. The van der Waals surface area contributed by atoms with Crippen molar-refractivity contribution in [1.82, 2.24) is 0 Å². The third kappa shape index (κ3) is 4.19. The standard InChI is InChI=1S/C15H14F2N2OS/c1-9(21-14-7-10(16)5-6-13(14)17)15(20)19-12-4-2-3-11(18)8-12/h2-9H,18H2,1H3,(H,19,20). The number of halogens is 2. The van der Waals surface area contributed by atoms with Crippen LogP contribution in [0.25, 0.3) is 0 Å². The van der Waals surface area contributed by atoms with Crippen LogP contribution in [0.4, 0.5) is 20.2 Å². The Bertz CT molecular complexity index is 664. The lowest BCUT2D eigenvalue weighted by Gasteiger charge is -2.12. The zero-order valence-electron chi connectivity index (χ0n) is 11.3. The molecule has 0 heterocycles. The molecule has 21 heavy (non-hydrogen) atoms. The second-order valence-corrected chi connectivity index (χ2v) is 5.83. The van der Waals surface area contributed by atoms with E-state index in [2.05, 4.69) is 5.32 Å². The topological polar surface area (TPSA) is 55.1 Å². The fourth-order valence-electron chi connectivity index (χ4n) is 1.67. The summed E-state index contributed by atoms with van der Waals surface area (Å²) in [5.74, 6) is -1.40. The quantitative estimate of drug-likeness (QED) is 0.669. The van der Waals surface area contributed by atoms with Crippen molar-refractivity contribution in [3.05, 3.63) is 54.1 Å². The van der Waals surface area contributed by atoms with Gasteiger partial charge in [0.1, 0.15) is 11.6 Å². The van der Waals surface area contributed by atoms with E-state index >= 15 is 0 Å². The number of hydrogen-bond donors (Lipinski definition) is 2. The Labute approximate surface area is 125 Å². The van der Waals surface area contributed by atoms with Crippen molar-refractivity contribution in [3.63, 3.8) is 0 Å². The second-order valence-electron chi connectivity index (χ2n) is 4.45. The smallest absolute Gasteiger partial charge is 0.237 e. The number of anilines is 2. The van der Waals surface area contributed by atoms with E-state index in [1.807, 2.05) is 0 Å². The minimum atomic E-state index is -0.581. The first-order valence-electron chi connectivity index (χ1n) is 6.24. The maximum Gasteiger partial charge on any atom is 0.237 e. The van der Waals surface area contributed by atoms with Gasteiger partial charge in [-0.2, -0.15) is 0 Å². The largest absolute Gasteiger partial charge is 0.399 e. The maximum atomic E-state index is 13.5. The molecule has 0 saturated carbocycles. The third-order valence-electron chi connectivity index (χ3n) is 2.72. The molecule has 3 N–H and O–H groups in total. The molecule has 6 heteroatoms. The number of hydrogen-bond acceptors (Lipinski definition) is 3. The van der Waals surface area contributed by atoms with Crippen LogP contribution < -0.4 is 11.1 Å². The minimum Gasteiger partial charge on any atom is -0.399 e. The lowest BCUT2D eigenvalue weighted by atomic mass is 10.3. The monoisotopic (exact) mass is 308 g/mol. The highest BCUT2D eigenvalue weighted by molar-refractivity contribution is 8.00. The number of benzene rings is 2. The molecule has 0 aliphatic rings. The average Bonchev–Trinajstić information content (AvgIpc) is 2.43. The molecule has 1 atom stereocenters. The van der Waals surface area contributed by atoms with Crippen molar-refractivity contribution in [2.45, 2.75) is 17.1 Å². The zero-order valence-corrected chi connectivity index (χ0v) is 12.1. The highest BCUT2D eigenvalue weighted by atomic mass is 32.2. The van der Waals surface area contributed by atoms with E-state index in [1.165, 1.54) is 0 Å². The molecule has 3 nitrogen and oxygen atoms in total. The van der Waals surface area contributed by atoms with E-state index in [9.17, 15) is 13.6 Å². The first kappa shape index (κ1) is 15.3. The van der Waals surface area contributed by atoms with E-state index in [0.717, 1.165) is 30.0 Å². The van der Waals surface area contributed by atoms with Crippen molar-refractivity contribution >= 4 is 29.0 Å². The molecular weight excluding hydrogens is 294 g/mol. The summed E-state index contributed by atoms with van der Waals surface area (Å²) < 4.78 is 26.6. The summed E-state index contributed by atoms with van der Waals surface area (Å²) in [6, 6.07) is 9.90. The van der Waals surface area contributed by atoms with Crippen LogP contribution in [-0.4, -0.2) is 11.2 Å². The Kier molecular flexibility index (Phi) is 4.80. The van der Waals surface area contributed by atoms with Gasteiger partial charge in [0.25, 0.3) is 0 Å². The number of nitrogen functional groups attached to an aromatic ring is 1. The normalized spacial score (nSPS) is 12.0. The first-order chi connectivity index (χ1) is 9.95. The van der Waals surface area contributed by atoms with Crippen LogP contribution in [0.5, 0.6) is 0 Å². The summed E-state index contributed by atoms with van der Waals surface area (Å²) in [4.78, 5) is 12.1. The average molecular weight is 308 g/mol. The summed E-state index contributed by atoms with van der Waals surface area (Å²) in [7, 11) is 0. The second kappa shape index (κ2) is 6.58. The van der Waals surface area contributed by atoms with Gasteiger partial charge < -0.3 is 11.1 Å². The lowest BCUT2D eigenvalue weighted by molar-refractivity contribution is -0.115. The van der Waals surface area contributed by atoms with Crippen LogP contribution in [0.2, 0.25) is 0 Å². The number of amides is 1. The predicted molar refractivity (Wildman–Crippen MR) is 81.2 cm³/mol. The molecule has 1 unspecified atom stereocenters. The molecule has 2 rings (SSSR count). The molecule has 1 amide bonds. The van der Waals surface area contributed by atoms with Crippen molar-refractivity contribution in [3.8, 4) is 0 Å². The summed E-state index contributed by atoms with van der Waals surface area (Å²) in [5.41, 5.74) is 6.72. The van der Waals surface area contributed by atoms with Gasteiger partial charge in [0.2, 0.25) is 5.91 Å². The van der Waals surface area contributed by atoms with Gasteiger partial charge >= 0.3 is 0 Å². The van der Waals surface area contributed by atoms with Gasteiger partial charge in [0.15, 0.2) is 0 Å². The van der Waals surface area contributed by atoms with Gasteiger partial charge in [-0.25, -0.2) is 8.78 Å². The van der Waals surface area contributed by atoms with Crippen molar-refractivity contribution in [2.75, 3.05) is 11.1 Å². The highest BCUT2D eigenvalue weighted by Crippen LogP contribution is 2.27. The molecule has 110 valence electrons. The van der Waals surface area contributed by atoms with E-state index in [0.29, 0.717) is 11.4 Å². The highest BCUT2D eigenvalue weighted by Gasteiger charge is 2.17. The SMILES string of the molecule is CC(Sc1cc(F)ccc1F)C(=O)Nc1cccc(N)c1. The lowest BCUT2D eigenvalue weighted by Crippen LogP contribution is -2.22. The molecule has 2 aromatic carbocycles. The molecule has 0 fully saturated rings. The van der Waals surface area contributed by atoms with Crippen LogP contribution in [0.1, 0.15) is 6.92 Å². The Morgan fingerprint density at radius 1 is 1.24 bits per heavy atom. The molecule has 0 saturated heterocycles. The number of nitrogens with two attached hydrogens (primary N) is 1. The fourth-order valence-corrected chi connectivity index (χ4v) is 2.58. The van der Waals surface area contributed by atoms with Crippen LogP contribution in [0, 0.1) is 11.6 Å². The van der Waals surface area contributed by atoms with Crippen molar-refractivity contribution in [1.29, 1.82) is 0 Å². The van der Waals surface area contributed by atoms with E-state index in [4.69, 9.17) is 5.73 Å². The van der Waals surface area contributed by atoms with Gasteiger partial charge in [-0.1, -0.05) is 6.07 Å². The first-order valence-corrected chi connectivity index (χ1v) is 7.12. The molecular formula is C15H14F2N2OS. The summed E-state index contributed by atoms with van der Waals surface area (Å²) in [5, 5.41) is 2.10.